The van der Waals surface area contributed by atoms with Crippen molar-refractivity contribution in [2.24, 2.45) is 0 Å². The Balaban J connectivity index is 1.20. The van der Waals surface area contributed by atoms with E-state index in [0.717, 1.165) is 45.5 Å². The summed E-state index contributed by atoms with van der Waals surface area (Å²) in [4.78, 5) is 16.0. The summed E-state index contributed by atoms with van der Waals surface area (Å²) in [6, 6.07) is 40.7. The van der Waals surface area contributed by atoms with E-state index in [1.807, 2.05) is 18.2 Å². The van der Waals surface area contributed by atoms with E-state index in [2.05, 4.69) is 141 Å². The number of benzene rings is 5. The van der Waals surface area contributed by atoms with Crippen molar-refractivity contribution in [2.75, 3.05) is 4.90 Å². The summed E-state index contributed by atoms with van der Waals surface area (Å²) in [7, 11) is 0. The van der Waals surface area contributed by atoms with E-state index in [1.165, 1.54) is 27.9 Å². The summed E-state index contributed by atoms with van der Waals surface area (Å²) in [5.41, 5.74) is 13.2. The number of nitrogens with zero attached hydrogens (tertiary/aromatic N) is 1. The monoisotopic (exact) mass is 555 g/mol. The van der Waals surface area contributed by atoms with Crippen LogP contribution in [0.15, 0.2) is 133 Å². The van der Waals surface area contributed by atoms with Crippen LogP contribution in [0.4, 0.5) is 11.4 Å². The Kier molecular flexibility index (Phi) is 5.55. The SMILES string of the molecule is CC1(C)c2ccccc2-c2ccc(N(c3ccccc3)C3(C)C=CC(c4cccc5c4C(=O)c4ccccc4-5)=CC3)cc21. The number of carbonyl (C=O) groups is 1. The number of allylic oxidation sites excluding steroid dienone is 2. The van der Waals surface area contributed by atoms with Crippen LogP contribution in [0.2, 0.25) is 0 Å². The first kappa shape index (κ1) is 25.7. The van der Waals surface area contributed by atoms with Gasteiger partial charge in [-0.15, -0.1) is 0 Å². The molecule has 3 aliphatic rings. The number of fused-ring (bicyclic) bond motifs is 6. The third-order valence-corrected chi connectivity index (χ3v) is 9.77. The molecule has 0 radical (unpaired) electrons. The summed E-state index contributed by atoms with van der Waals surface area (Å²) in [5.74, 6) is 0.122. The fourth-order valence-electron chi connectivity index (χ4n) is 7.55. The Morgan fingerprint density at radius 3 is 2.00 bits per heavy atom. The van der Waals surface area contributed by atoms with E-state index < -0.39 is 0 Å². The first-order valence-corrected chi connectivity index (χ1v) is 15.1. The van der Waals surface area contributed by atoms with Gasteiger partial charge in [-0.25, -0.2) is 0 Å². The summed E-state index contributed by atoms with van der Waals surface area (Å²) >= 11 is 0. The molecule has 0 aromatic heterocycles. The fourth-order valence-corrected chi connectivity index (χ4v) is 7.55. The molecule has 0 amide bonds. The van der Waals surface area contributed by atoms with Crippen LogP contribution >= 0.6 is 0 Å². The molecular formula is C41H33NO. The summed E-state index contributed by atoms with van der Waals surface area (Å²) < 4.78 is 0. The zero-order valence-electron chi connectivity index (χ0n) is 24.8. The van der Waals surface area contributed by atoms with Crippen molar-refractivity contribution in [1.29, 1.82) is 0 Å². The van der Waals surface area contributed by atoms with E-state index in [1.54, 1.807) is 0 Å². The second-order valence-corrected chi connectivity index (χ2v) is 12.7. The minimum absolute atomic E-state index is 0.0710. The molecule has 8 rings (SSSR count). The molecule has 0 bridgehead atoms. The van der Waals surface area contributed by atoms with Crippen molar-refractivity contribution in [3.8, 4) is 22.3 Å². The van der Waals surface area contributed by atoms with Gasteiger partial charge in [-0.1, -0.05) is 123 Å². The van der Waals surface area contributed by atoms with Crippen LogP contribution in [0.25, 0.3) is 27.8 Å². The lowest BCUT2D eigenvalue weighted by molar-refractivity contribution is 0.104. The van der Waals surface area contributed by atoms with Gasteiger partial charge in [-0.2, -0.15) is 0 Å². The Morgan fingerprint density at radius 2 is 1.23 bits per heavy atom. The van der Waals surface area contributed by atoms with Crippen LogP contribution in [0, 0.1) is 0 Å². The molecule has 2 heteroatoms. The maximum atomic E-state index is 13.5. The number of para-hydroxylation sites is 1. The average Bonchev–Trinajstić information content (AvgIpc) is 3.46. The summed E-state index contributed by atoms with van der Waals surface area (Å²) in [6.07, 6.45) is 7.67. The van der Waals surface area contributed by atoms with E-state index in [0.29, 0.717) is 0 Å². The van der Waals surface area contributed by atoms with Crippen molar-refractivity contribution >= 4 is 22.7 Å². The van der Waals surface area contributed by atoms with Crippen molar-refractivity contribution in [3.05, 3.63) is 161 Å². The number of ketones is 1. The van der Waals surface area contributed by atoms with Crippen LogP contribution < -0.4 is 4.90 Å². The second kappa shape index (κ2) is 9.28. The Bertz CT molecular complexity index is 2010. The van der Waals surface area contributed by atoms with Crippen molar-refractivity contribution < 1.29 is 4.79 Å². The zero-order valence-corrected chi connectivity index (χ0v) is 24.8. The summed E-state index contributed by atoms with van der Waals surface area (Å²) in [6.45, 7) is 6.99. The smallest absolute Gasteiger partial charge is 0.194 e. The Labute approximate surface area is 253 Å². The number of carbonyl (C=O) groups excluding carboxylic acids is 1. The molecule has 0 heterocycles. The van der Waals surface area contributed by atoms with Crippen molar-refractivity contribution in [1.82, 2.24) is 0 Å². The molecule has 1 unspecified atom stereocenters. The number of anilines is 2. The van der Waals surface area contributed by atoms with Gasteiger partial charge in [0.25, 0.3) is 0 Å². The van der Waals surface area contributed by atoms with Gasteiger partial charge >= 0.3 is 0 Å². The third-order valence-electron chi connectivity index (χ3n) is 9.77. The molecule has 0 spiro atoms. The largest absolute Gasteiger partial charge is 0.332 e. The number of rotatable bonds is 4. The zero-order chi connectivity index (χ0) is 29.3. The van der Waals surface area contributed by atoms with Gasteiger partial charge in [0.1, 0.15) is 0 Å². The molecule has 5 aromatic carbocycles. The number of hydrogen-bond acceptors (Lipinski definition) is 2. The normalized spacial score (nSPS) is 18.9. The Morgan fingerprint density at radius 1 is 0.581 bits per heavy atom. The van der Waals surface area contributed by atoms with E-state index >= 15 is 0 Å². The van der Waals surface area contributed by atoms with Gasteiger partial charge in [0.05, 0.1) is 5.54 Å². The van der Waals surface area contributed by atoms with Gasteiger partial charge in [0.2, 0.25) is 0 Å². The third kappa shape index (κ3) is 3.76. The minimum Gasteiger partial charge on any atom is -0.332 e. The molecule has 43 heavy (non-hydrogen) atoms. The second-order valence-electron chi connectivity index (χ2n) is 12.7. The molecule has 3 aliphatic carbocycles. The maximum Gasteiger partial charge on any atom is 0.194 e. The maximum absolute atomic E-state index is 13.5. The van der Waals surface area contributed by atoms with Gasteiger partial charge < -0.3 is 4.90 Å². The molecular weight excluding hydrogens is 522 g/mol. The first-order chi connectivity index (χ1) is 20.9. The van der Waals surface area contributed by atoms with E-state index in [4.69, 9.17) is 0 Å². The van der Waals surface area contributed by atoms with E-state index in [-0.39, 0.29) is 16.7 Å². The standard InChI is InChI=1S/C41H33NO/c1-40(2)36-19-10-9-15-32(36)33-21-20-29(26-37(33)40)42(28-12-5-4-6-13-28)41(3)24-22-27(23-25-41)30-17-11-18-34-31-14-7-8-16-35(31)39(43)38(30)34/h4-24,26H,25H2,1-3H3. The first-order valence-electron chi connectivity index (χ1n) is 15.1. The fraction of sp³-hybridized carbons (Fsp3) is 0.146. The van der Waals surface area contributed by atoms with Crippen LogP contribution in [-0.4, -0.2) is 11.3 Å². The molecule has 0 fully saturated rings. The molecule has 0 aliphatic heterocycles. The topological polar surface area (TPSA) is 20.3 Å². The highest BCUT2D eigenvalue weighted by atomic mass is 16.1. The lowest BCUT2D eigenvalue weighted by Crippen LogP contribution is -2.42. The summed E-state index contributed by atoms with van der Waals surface area (Å²) in [5, 5.41) is 0. The highest BCUT2D eigenvalue weighted by Crippen LogP contribution is 2.51. The van der Waals surface area contributed by atoms with E-state index in [9.17, 15) is 4.79 Å². The molecule has 5 aromatic rings. The van der Waals surface area contributed by atoms with Crippen molar-refractivity contribution in [2.45, 2.75) is 38.1 Å². The van der Waals surface area contributed by atoms with Crippen LogP contribution in [0.1, 0.15) is 59.8 Å². The van der Waals surface area contributed by atoms with Gasteiger partial charge in [-0.3, -0.25) is 4.79 Å². The van der Waals surface area contributed by atoms with Crippen molar-refractivity contribution in [3.63, 3.8) is 0 Å². The Hall–Kier alpha value is -4.95. The predicted octanol–water partition coefficient (Wildman–Crippen LogP) is 10.1. The molecule has 0 saturated heterocycles. The molecule has 2 nitrogen and oxygen atoms in total. The van der Waals surface area contributed by atoms with Crippen LogP contribution in [0.5, 0.6) is 0 Å². The molecule has 1 atom stereocenters. The molecule has 0 N–H and O–H groups in total. The average molecular weight is 556 g/mol. The lowest BCUT2D eigenvalue weighted by Gasteiger charge is -2.43. The van der Waals surface area contributed by atoms with Gasteiger partial charge in [0.15, 0.2) is 5.78 Å². The minimum atomic E-state index is -0.306. The van der Waals surface area contributed by atoms with Gasteiger partial charge in [-0.05, 0) is 82.1 Å². The number of hydrogen-bond donors (Lipinski definition) is 0. The predicted molar refractivity (Wildman–Crippen MR) is 178 cm³/mol. The van der Waals surface area contributed by atoms with Gasteiger partial charge in [0, 0.05) is 27.9 Å². The van der Waals surface area contributed by atoms with Crippen LogP contribution in [0.3, 0.4) is 0 Å². The molecule has 0 saturated carbocycles. The molecule has 208 valence electrons. The van der Waals surface area contributed by atoms with Crippen LogP contribution in [-0.2, 0) is 5.41 Å². The highest BCUT2D eigenvalue weighted by molar-refractivity contribution is 6.24. The highest BCUT2D eigenvalue weighted by Gasteiger charge is 2.38. The lowest BCUT2D eigenvalue weighted by atomic mass is 9.81. The quantitative estimate of drug-likeness (QED) is 0.216.